The van der Waals surface area contributed by atoms with Crippen LogP contribution in [0.2, 0.25) is 0 Å². The maximum absolute atomic E-state index is 6.35. The number of fused-ring (bicyclic) bond motifs is 3. The smallest absolute Gasteiger partial charge is 0.217 e. The maximum atomic E-state index is 6.35. The Kier molecular flexibility index (Phi) is 5.30. The third-order valence-corrected chi connectivity index (χ3v) is 6.54. The van der Waals surface area contributed by atoms with E-state index in [4.69, 9.17) is 16.3 Å². The van der Waals surface area contributed by atoms with Crippen LogP contribution in [0.4, 0.5) is 5.69 Å². The van der Waals surface area contributed by atoms with E-state index >= 15 is 0 Å². The number of ether oxygens (including phenoxy) is 1. The second-order valence-electron chi connectivity index (χ2n) is 8.63. The number of H-pyrrole nitrogens is 1. The van der Waals surface area contributed by atoms with Gasteiger partial charge in [0.2, 0.25) is 5.88 Å². The minimum absolute atomic E-state index is 0.175. The van der Waals surface area contributed by atoms with Gasteiger partial charge in [0.25, 0.3) is 0 Å². The van der Waals surface area contributed by atoms with Crippen molar-refractivity contribution in [1.82, 2.24) is 15.0 Å². The van der Waals surface area contributed by atoms with Crippen LogP contribution in [0.25, 0.3) is 11.8 Å². The molecule has 4 heterocycles. The van der Waals surface area contributed by atoms with Crippen molar-refractivity contribution in [3.63, 3.8) is 0 Å². The van der Waals surface area contributed by atoms with Gasteiger partial charge in [-0.15, -0.1) is 0 Å². The Morgan fingerprint density at radius 2 is 1.97 bits per heavy atom. The van der Waals surface area contributed by atoms with Gasteiger partial charge in [-0.3, -0.25) is 0 Å². The molecule has 1 aliphatic carbocycles. The van der Waals surface area contributed by atoms with Crippen LogP contribution >= 0.6 is 11.6 Å². The summed E-state index contributed by atoms with van der Waals surface area (Å²) in [5.74, 6) is 1.80. The van der Waals surface area contributed by atoms with Crippen LogP contribution < -0.4 is 20.3 Å². The van der Waals surface area contributed by atoms with E-state index in [0.717, 1.165) is 65.2 Å². The molecule has 1 N–H and O–H groups in total. The Morgan fingerprint density at radius 1 is 1.16 bits per heavy atom. The van der Waals surface area contributed by atoms with Gasteiger partial charge in [-0.1, -0.05) is 11.6 Å². The zero-order valence-electron chi connectivity index (χ0n) is 18.2. The van der Waals surface area contributed by atoms with Gasteiger partial charge in [-0.05, 0) is 51.7 Å². The predicted octanol–water partition coefficient (Wildman–Crippen LogP) is 3.49. The average Bonchev–Trinajstić information content (AvgIpc) is 3.03. The Balaban J connectivity index is 1.39. The highest BCUT2D eigenvalue weighted by molar-refractivity contribution is 6.34. The summed E-state index contributed by atoms with van der Waals surface area (Å²) in [6, 6.07) is 1.91. The third kappa shape index (κ3) is 3.99. The monoisotopic (exact) mass is 438 g/mol. The number of nitrogens with one attached hydrogen (secondary N) is 1. The minimum atomic E-state index is 0.175. The standard InChI is InChI=1S/C23H27ClN6O/c1-13-10-20(27-14(2)26-13)31-17-6-4-15(5-7-17)21-22-18(12-25-29-21)23-19(28-22)11-16(24)8-9-30(23)3/h8,10-11,15,17,28H,4-7,9,12H2,1-3H3. The van der Waals surface area contributed by atoms with Crippen molar-refractivity contribution in [2.75, 3.05) is 18.5 Å². The molecule has 0 spiro atoms. The first kappa shape index (κ1) is 20.2. The lowest BCUT2D eigenvalue weighted by Crippen LogP contribution is -2.28. The topological polar surface area (TPSA) is 78.8 Å². The highest BCUT2D eigenvalue weighted by Gasteiger charge is 2.29. The number of anilines is 1. The first-order valence-electron chi connectivity index (χ1n) is 10.9. The molecule has 1 saturated carbocycles. The fourth-order valence-electron chi connectivity index (χ4n) is 4.86. The SMILES string of the molecule is Cc1cc(OC2CCC(C3=c4[nH]c5c(c4CN=N3)N(C)CC=C(Cl)C=5)CC2)nc(C)n1. The summed E-state index contributed by atoms with van der Waals surface area (Å²) in [7, 11) is 2.09. The van der Waals surface area contributed by atoms with Crippen molar-refractivity contribution in [1.29, 1.82) is 0 Å². The van der Waals surface area contributed by atoms with E-state index in [1.807, 2.05) is 32.1 Å². The van der Waals surface area contributed by atoms with Gasteiger partial charge in [-0.25, -0.2) is 4.98 Å². The summed E-state index contributed by atoms with van der Waals surface area (Å²) < 4.78 is 6.17. The first-order chi connectivity index (χ1) is 15.0. The maximum Gasteiger partial charge on any atom is 0.217 e. The van der Waals surface area contributed by atoms with Gasteiger partial charge in [-0.2, -0.15) is 15.2 Å². The molecule has 7 nitrogen and oxygen atoms in total. The number of likely N-dealkylation sites (N-methyl/N-ethyl adjacent to an activating group) is 1. The number of allylic oxidation sites excluding steroid dienone is 1. The Hall–Kier alpha value is -2.67. The zero-order valence-corrected chi connectivity index (χ0v) is 18.9. The van der Waals surface area contributed by atoms with Crippen LogP contribution in [-0.2, 0) is 6.54 Å². The lowest BCUT2D eigenvalue weighted by molar-refractivity contribution is 0.136. The molecule has 31 heavy (non-hydrogen) atoms. The summed E-state index contributed by atoms with van der Waals surface area (Å²) in [6.07, 6.45) is 8.20. The van der Waals surface area contributed by atoms with Gasteiger partial charge in [0, 0.05) is 41.9 Å². The summed E-state index contributed by atoms with van der Waals surface area (Å²) >= 11 is 6.35. The second kappa shape index (κ2) is 8.11. The Morgan fingerprint density at radius 3 is 2.74 bits per heavy atom. The van der Waals surface area contributed by atoms with Gasteiger partial charge in [0.15, 0.2) is 0 Å². The number of nitrogens with zero attached hydrogens (tertiary/aromatic N) is 5. The molecule has 0 unspecified atom stereocenters. The second-order valence-corrected chi connectivity index (χ2v) is 9.06. The number of rotatable bonds is 3. The fourth-order valence-corrected chi connectivity index (χ4v) is 5.04. The molecule has 0 bridgehead atoms. The molecule has 8 heteroatoms. The molecule has 3 aliphatic rings. The van der Waals surface area contributed by atoms with E-state index in [0.29, 0.717) is 18.3 Å². The largest absolute Gasteiger partial charge is 0.474 e. The number of halogens is 1. The summed E-state index contributed by atoms with van der Waals surface area (Å²) in [6.45, 7) is 5.25. The molecule has 0 amide bonds. The first-order valence-corrected chi connectivity index (χ1v) is 11.3. The number of aryl methyl sites for hydroxylation is 2. The summed E-state index contributed by atoms with van der Waals surface area (Å²) in [5, 5.41) is 12.0. The lowest BCUT2D eigenvalue weighted by atomic mass is 9.84. The van der Waals surface area contributed by atoms with E-state index < -0.39 is 0 Å². The van der Waals surface area contributed by atoms with Crippen molar-refractivity contribution in [2.24, 2.45) is 16.1 Å². The Bertz CT molecular complexity index is 1170. The average molecular weight is 439 g/mol. The number of azo groups is 1. The molecule has 2 aromatic rings. The Labute approximate surface area is 186 Å². The van der Waals surface area contributed by atoms with Crippen LogP contribution in [0.5, 0.6) is 5.88 Å². The molecule has 5 rings (SSSR count). The minimum Gasteiger partial charge on any atom is -0.474 e. The molecule has 2 aromatic heterocycles. The van der Waals surface area contributed by atoms with Gasteiger partial charge < -0.3 is 14.6 Å². The lowest BCUT2D eigenvalue weighted by Gasteiger charge is -2.29. The third-order valence-electron chi connectivity index (χ3n) is 6.28. The number of aromatic nitrogens is 3. The van der Waals surface area contributed by atoms with E-state index in [-0.39, 0.29) is 6.10 Å². The number of hydrogen-bond donors (Lipinski definition) is 1. The summed E-state index contributed by atoms with van der Waals surface area (Å²) in [5.41, 5.74) is 4.42. The molecule has 2 aliphatic heterocycles. The van der Waals surface area contributed by atoms with E-state index in [1.165, 1.54) is 11.3 Å². The predicted molar refractivity (Wildman–Crippen MR) is 122 cm³/mol. The van der Waals surface area contributed by atoms with Crippen LogP contribution in [0, 0.1) is 19.8 Å². The van der Waals surface area contributed by atoms with Crippen LogP contribution in [0.1, 0.15) is 42.8 Å². The van der Waals surface area contributed by atoms with Gasteiger partial charge >= 0.3 is 0 Å². The highest BCUT2D eigenvalue weighted by atomic mass is 35.5. The van der Waals surface area contributed by atoms with E-state index in [1.54, 1.807) is 0 Å². The molecule has 0 radical (unpaired) electrons. The van der Waals surface area contributed by atoms with Crippen LogP contribution in [-0.4, -0.2) is 34.6 Å². The summed E-state index contributed by atoms with van der Waals surface area (Å²) in [4.78, 5) is 14.6. The molecule has 0 atom stereocenters. The molecule has 0 saturated heterocycles. The molecule has 1 fully saturated rings. The van der Waals surface area contributed by atoms with Crippen LogP contribution in [0.3, 0.4) is 0 Å². The molecule has 0 aromatic carbocycles. The molecular formula is C23H27ClN6O. The van der Waals surface area contributed by atoms with Crippen molar-refractivity contribution < 1.29 is 4.74 Å². The quantitative estimate of drug-likeness (QED) is 0.795. The number of aromatic amines is 1. The zero-order chi connectivity index (χ0) is 21.5. The van der Waals surface area contributed by atoms with E-state index in [2.05, 4.69) is 37.1 Å². The van der Waals surface area contributed by atoms with Crippen molar-refractivity contribution >= 4 is 29.1 Å². The fraction of sp³-hybridized carbons (Fsp3) is 0.478. The molecule has 162 valence electrons. The highest BCUT2D eigenvalue weighted by Crippen LogP contribution is 2.34. The normalized spacial score (nSPS) is 22.9. The van der Waals surface area contributed by atoms with Crippen molar-refractivity contribution in [3.05, 3.63) is 45.0 Å². The molecular weight excluding hydrogens is 412 g/mol. The van der Waals surface area contributed by atoms with Crippen LogP contribution in [0.15, 0.2) is 27.4 Å². The van der Waals surface area contributed by atoms with E-state index in [9.17, 15) is 0 Å². The van der Waals surface area contributed by atoms with Gasteiger partial charge in [0.1, 0.15) is 11.9 Å². The van der Waals surface area contributed by atoms with Crippen molar-refractivity contribution in [2.45, 2.75) is 52.2 Å². The van der Waals surface area contributed by atoms with Gasteiger partial charge in [0.05, 0.1) is 28.6 Å². The van der Waals surface area contributed by atoms with Crippen molar-refractivity contribution in [3.8, 4) is 5.88 Å². The number of hydrogen-bond acceptors (Lipinski definition) is 6.